The van der Waals surface area contributed by atoms with Gasteiger partial charge in [0.1, 0.15) is 5.82 Å². The van der Waals surface area contributed by atoms with Gasteiger partial charge < -0.3 is 10.6 Å². The Morgan fingerprint density at radius 1 is 1.53 bits per heavy atom. The minimum atomic E-state index is -0.424. The monoisotopic (exact) mass is 264 g/mol. The highest BCUT2D eigenvalue weighted by atomic mass is 19.1. The average molecular weight is 264 g/mol. The lowest BCUT2D eigenvalue weighted by Crippen LogP contribution is -2.45. The number of benzene rings is 1. The van der Waals surface area contributed by atoms with E-state index in [2.05, 4.69) is 17.6 Å². The lowest BCUT2D eigenvalue weighted by molar-refractivity contribution is 0.0920. The highest BCUT2D eigenvalue weighted by Gasteiger charge is 2.27. The number of rotatable bonds is 3. The van der Waals surface area contributed by atoms with Crippen molar-refractivity contribution in [3.8, 4) is 0 Å². The molecular formula is C15H21FN2O. The maximum Gasteiger partial charge on any atom is 0.254 e. The van der Waals surface area contributed by atoms with Crippen molar-refractivity contribution in [2.45, 2.75) is 26.7 Å². The van der Waals surface area contributed by atoms with Crippen LogP contribution in [0.2, 0.25) is 0 Å². The second-order valence-corrected chi connectivity index (χ2v) is 5.71. The minimum Gasteiger partial charge on any atom is -0.351 e. The summed E-state index contributed by atoms with van der Waals surface area (Å²) in [6, 6.07) is 4.90. The van der Waals surface area contributed by atoms with Gasteiger partial charge in [-0.05, 0) is 43.4 Å². The molecule has 1 aliphatic heterocycles. The first-order valence-electron chi connectivity index (χ1n) is 6.76. The van der Waals surface area contributed by atoms with Crippen LogP contribution < -0.4 is 10.6 Å². The largest absolute Gasteiger partial charge is 0.351 e. The van der Waals surface area contributed by atoms with Gasteiger partial charge in [0.25, 0.3) is 5.91 Å². The second kappa shape index (κ2) is 5.70. The highest BCUT2D eigenvalue weighted by molar-refractivity contribution is 5.94. The van der Waals surface area contributed by atoms with E-state index in [4.69, 9.17) is 0 Å². The predicted octanol–water partition coefficient (Wildman–Crippen LogP) is 2.25. The van der Waals surface area contributed by atoms with E-state index in [0.29, 0.717) is 12.1 Å². The van der Waals surface area contributed by atoms with Crippen molar-refractivity contribution in [2.24, 2.45) is 5.41 Å². The van der Waals surface area contributed by atoms with E-state index in [0.717, 1.165) is 25.9 Å². The predicted molar refractivity (Wildman–Crippen MR) is 73.7 cm³/mol. The summed E-state index contributed by atoms with van der Waals surface area (Å²) in [5.74, 6) is -0.750. The SMILES string of the molecule is Cc1cccc(C(=O)NCC2(C)CCCNC2)c1F. The third-order valence-electron chi connectivity index (χ3n) is 3.80. The van der Waals surface area contributed by atoms with Crippen LogP contribution in [0.15, 0.2) is 18.2 Å². The van der Waals surface area contributed by atoms with E-state index < -0.39 is 5.82 Å². The molecule has 0 aliphatic carbocycles. The third-order valence-corrected chi connectivity index (χ3v) is 3.80. The first kappa shape index (κ1) is 14.0. The number of halogens is 1. The van der Waals surface area contributed by atoms with Gasteiger partial charge in [-0.15, -0.1) is 0 Å². The van der Waals surface area contributed by atoms with Gasteiger partial charge in [0.2, 0.25) is 0 Å². The van der Waals surface area contributed by atoms with Gasteiger partial charge in [-0.1, -0.05) is 19.1 Å². The number of carbonyl (C=O) groups is 1. The molecule has 0 radical (unpaired) electrons. The highest BCUT2D eigenvalue weighted by Crippen LogP contribution is 2.24. The van der Waals surface area contributed by atoms with Crippen LogP contribution >= 0.6 is 0 Å². The standard InChI is InChI=1S/C15H21FN2O/c1-11-5-3-6-12(13(11)16)14(19)18-10-15(2)7-4-8-17-9-15/h3,5-6,17H,4,7-10H2,1-2H3,(H,18,19). The number of hydrogen-bond acceptors (Lipinski definition) is 2. The van der Waals surface area contributed by atoms with E-state index in [9.17, 15) is 9.18 Å². The smallest absolute Gasteiger partial charge is 0.254 e. The van der Waals surface area contributed by atoms with Crippen LogP contribution in [0.3, 0.4) is 0 Å². The molecule has 0 saturated carbocycles. The summed E-state index contributed by atoms with van der Waals surface area (Å²) in [5, 5.41) is 6.19. The Morgan fingerprint density at radius 2 is 2.32 bits per heavy atom. The molecule has 1 aliphatic rings. The average Bonchev–Trinajstić information content (AvgIpc) is 2.40. The lowest BCUT2D eigenvalue weighted by atomic mass is 9.83. The van der Waals surface area contributed by atoms with Crippen molar-refractivity contribution < 1.29 is 9.18 Å². The van der Waals surface area contributed by atoms with Gasteiger partial charge in [-0.3, -0.25) is 4.79 Å². The molecule has 1 heterocycles. The summed E-state index contributed by atoms with van der Waals surface area (Å²) in [7, 11) is 0. The zero-order valence-electron chi connectivity index (χ0n) is 11.6. The van der Waals surface area contributed by atoms with Crippen LogP contribution in [0.25, 0.3) is 0 Å². The molecule has 1 amide bonds. The van der Waals surface area contributed by atoms with Crippen LogP contribution in [0.4, 0.5) is 4.39 Å². The molecule has 0 bridgehead atoms. The molecule has 2 N–H and O–H groups in total. The number of carbonyl (C=O) groups excluding carboxylic acids is 1. The van der Waals surface area contributed by atoms with E-state index in [1.165, 1.54) is 6.07 Å². The lowest BCUT2D eigenvalue weighted by Gasteiger charge is -2.34. The summed E-state index contributed by atoms with van der Waals surface area (Å²) < 4.78 is 13.8. The molecule has 4 heteroatoms. The molecule has 1 fully saturated rings. The van der Waals surface area contributed by atoms with Crippen LogP contribution in [0.1, 0.15) is 35.7 Å². The molecule has 0 aromatic heterocycles. The van der Waals surface area contributed by atoms with Gasteiger partial charge in [0.05, 0.1) is 5.56 Å². The first-order chi connectivity index (χ1) is 9.02. The van der Waals surface area contributed by atoms with Crippen LogP contribution in [-0.4, -0.2) is 25.5 Å². The molecule has 2 rings (SSSR count). The minimum absolute atomic E-state index is 0.0637. The third kappa shape index (κ3) is 3.32. The van der Waals surface area contributed by atoms with Crippen LogP contribution in [0.5, 0.6) is 0 Å². The molecule has 1 aromatic carbocycles. The molecule has 19 heavy (non-hydrogen) atoms. The Balaban J connectivity index is 1.99. The number of hydrogen-bond donors (Lipinski definition) is 2. The molecule has 3 nitrogen and oxygen atoms in total. The van der Waals surface area contributed by atoms with E-state index in [1.54, 1.807) is 19.1 Å². The summed E-state index contributed by atoms with van der Waals surface area (Å²) in [5.41, 5.74) is 0.694. The van der Waals surface area contributed by atoms with Crippen molar-refractivity contribution in [2.75, 3.05) is 19.6 Å². The zero-order chi connectivity index (χ0) is 13.9. The molecule has 104 valence electrons. The Morgan fingerprint density at radius 3 is 3.00 bits per heavy atom. The molecule has 1 aromatic rings. The van der Waals surface area contributed by atoms with Crippen LogP contribution in [-0.2, 0) is 0 Å². The summed E-state index contributed by atoms with van der Waals surface area (Å²) in [6.45, 7) is 6.32. The van der Waals surface area contributed by atoms with Crippen molar-refractivity contribution >= 4 is 5.91 Å². The summed E-state index contributed by atoms with van der Waals surface area (Å²) in [4.78, 5) is 12.0. The van der Waals surface area contributed by atoms with Gasteiger partial charge in [0, 0.05) is 13.1 Å². The molecule has 1 atom stereocenters. The fraction of sp³-hybridized carbons (Fsp3) is 0.533. The van der Waals surface area contributed by atoms with Gasteiger partial charge in [-0.2, -0.15) is 0 Å². The fourth-order valence-electron chi connectivity index (χ4n) is 2.48. The van der Waals surface area contributed by atoms with Crippen molar-refractivity contribution in [3.05, 3.63) is 35.1 Å². The maximum atomic E-state index is 13.8. The Kier molecular flexibility index (Phi) is 4.20. The molecule has 0 spiro atoms. The molecular weight excluding hydrogens is 243 g/mol. The van der Waals surface area contributed by atoms with E-state index >= 15 is 0 Å². The number of nitrogens with one attached hydrogen (secondary N) is 2. The zero-order valence-corrected chi connectivity index (χ0v) is 11.6. The first-order valence-corrected chi connectivity index (χ1v) is 6.76. The van der Waals surface area contributed by atoms with Gasteiger partial charge in [0.15, 0.2) is 0 Å². The Bertz CT molecular complexity index is 467. The van der Waals surface area contributed by atoms with E-state index in [-0.39, 0.29) is 16.9 Å². The topological polar surface area (TPSA) is 41.1 Å². The molecule has 1 saturated heterocycles. The second-order valence-electron chi connectivity index (χ2n) is 5.71. The Labute approximate surface area is 113 Å². The quantitative estimate of drug-likeness (QED) is 0.879. The normalized spacial score (nSPS) is 23.1. The van der Waals surface area contributed by atoms with Gasteiger partial charge in [-0.25, -0.2) is 4.39 Å². The van der Waals surface area contributed by atoms with Crippen molar-refractivity contribution in [3.63, 3.8) is 0 Å². The van der Waals surface area contributed by atoms with Gasteiger partial charge >= 0.3 is 0 Å². The van der Waals surface area contributed by atoms with Crippen molar-refractivity contribution in [1.82, 2.24) is 10.6 Å². The summed E-state index contributed by atoms with van der Waals surface area (Å²) in [6.07, 6.45) is 2.20. The summed E-state index contributed by atoms with van der Waals surface area (Å²) >= 11 is 0. The number of aryl methyl sites for hydroxylation is 1. The van der Waals surface area contributed by atoms with Crippen LogP contribution in [0, 0.1) is 18.2 Å². The molecule has 1 unspecified atom stereocenters. The maximum absolute atomic E-state index is 13.8. The Hall–Kier alpha value is -1.42. The number of piperidine rings is 1. The fourth-order valence-corrected chi connectivity index (χ4v) is 2.48. The van der Waals surface area contributed by atoms with Crippen molar-refractivity contribution in [1.29, 1.82) is 0 Å². The number of amides is 1. The van der Waals surface area contributed by atoms with E-state index in [1.807, 2.05) is 0 Å².